The summed E-state index contributed by atoms with van der Waals surface area (Å²) >= 11 is 0. The van der Waals surface area contributed by atoms with Gasteiger partial charge in [-0.25, -0.2) is 0 Å². The van der Waals surface area contributed by atoms with E-state index in [1.807, 2.05) is 12.1 Å². The largest absolute Gasteiger partial charge is 0.480 e. The van der Waals surface area contributed by atoms with Crippen molar-refractivity contribution in [1.82, 2.24) is 9.78 Å². The Bertz CT molecular complexity index is 734. The number of carboxylic acid groups (broad SMARTS) is 1. The number of morpholine rings is 1. The Kier molecular flexibility index (Phi) is 3.68. The van der Waals surface area contributed by atoms with Gasteiger partial charge in [-0.05, 0) is 18.2 Å². The molecule has 1 aliphatic heterocycles. The van der Waals surface area contributed by atoms with Gasteiger partial charge in [0.2, 0.25) is 0 Å². The number of carbonyl (C=O) groups is 2. The van der Waals surface area contributed by atoms with Gasteiger partial charge in [0.05, 0.1) is 18.7 Å². The van der Waals surface area contributed by atoms with Crippen LogP contribution in [0, 0.1) is 0 Å². The Morgan fingerprint density at radius 2 is 2.05 bits per heavy atom. The molecule has 8 nitrogen and oxygen atoms in total. The minimum absolute atomic E-state index is 0.0892. The molecular weight excluding hydrogens is 288 g/mol. The molecule has 1 aliphatic rings. The first kappa shape index (κ1) is 14.3. The van der Waals surface area contributed by atoms with E-state index in [1.54, 1.807) is 6.07 Å². The van der Waals surface area contributed by atoms with E-state index >= 15 is 0 Å². The van der Waals surface area contributed by atoms with Crippen molar-refractivity contribution < 1.29 is 19.4 Å². The SMILES string of the molecule is NC(=O)c1nn(CC(=O)O)c2ccc(N3CCOCC3)cc12. The van der Waals surface area contributed by atoms with Crippen LogP contribution in [0.2, 0.25) is 0 Å². The van der Waals surface area contributed by atoms with Crippen LogP contribution in [0.3, 0.4) is 0 Å². The highest BCUT2D eigenvalue weighted by atomic mass is 16.5. The van der Waals surface area contributed by atoms with Crippen LogP contribution >= 0.6 is 0 Å². The molecule has 3 rings (SSSR count). The van der Waals surface area contributed by atoms with Gasteiger partial charge < -0.3 is 20.5 Å². The molecule has 0 radical (unpaired) electrons. The average Bonchev–Trinajstić information content (AvgIpc) is 2.86. The van der Waals surface area contributed by atoms with Gasteiger partial charge >= 0.3 is 5.97 Å². The van der Waals surface area contributed by atoms with Crippen molar-refractivity contribution >= 4 is 28.5 Å². The van der Waals surface area contributed by atoms with Crippen LogP contribution < -0.4 is 10.6 Å². The monoisotopic (exact) mass is 304 g/mol. The second kappa shape index (κ2) is 5.64. The Hall–Kier alpha value is -2.61. The van der Waals surface area contributed by atoms with Gasteiger partial charge in [-0.15, -0.1) is 0 Å². The smallest absolute Gasteiger partial charge is 0.325 e. The number of carboxylic acids is 1. The number of hydrogen-bond donors (Lipinski definition) is 2. The standard InChI is InChI=1S/C14H16N4O4/c15-14(21)13-10-7-9(17-3-5-22-6-4-17)1-2-11(10)18(16-13)8-12(19)20/h1-2,7H,3-6,8H2,(H2,15,21)(H,19,20). The summed E-state index contributed by atoms with van der Waals surface area (Å²) in [6, 6.07) is 5.48. The number of hydrogen-bond acceptors (Lipinski definition) is 5. The third-order valence-electron chi connectivity index (χ3n) is 3.63. The topological polar surface area (TPSA) is 111 Å². The molecule has 1 fully saturated rings. The van der Waals surface area contributed by atoms with Gasteiger partial charge in [-0.1, -0.05) is 0 Å². The number of aromatic nitrogens is 2. The van der Waals surface area contributed by atoms with E-state index in [0.717, 1.165) is 18.8 Å². The maximum Gasteiger partial charge on any atom is 0.325 e. The van der Waals surface area contributed by atoms with E-state index < -0.39 is 11.9 Å². The molecule has 0 aliphatic carbocycles. The number of rotatable bonds is 4. The first-order valence-corrected chi connectivity index (χ1v) is 6.91. The predicted octanol–water partition coefficient (Wildman–Crippen LogP) is 0.0564. The van der Waals surface area contributed by atoms with E-state index in [1.165, 1.54) is 4.68 Å². The molecule has 1 aromatic heterocycles. The zero-order valence-electron chi connectivity index (χ0n) is 11.9. The van der Waals surface area contributed by atoms with Crippen molar-refractivity contribution in [3.8, 4) is 0 Å². The first-order valence-electron chi connectivity index (χ1n) is 6.91. The number of aliphatic carboxylic acids is 1. The van der Waals surface area contributed by atoms with Gasteiger partial charge in [0.1, 0.15) is 6.54 Å². The fourth-order valence-corrected chi connectivity index (χ4v) is 2.62. The van der Waals surface area contributed by atoms with Crippen molar-refractivity contribution in [1.29, 1.82) is 0 Å². The number of nitrogens with two attached hydrogens (primary N) is 1. The number of primary amides is 1. The lowest BCUT2D eigenvalue weighted by Gasteiger charge is -2.28. The Labute approximate surface area is 126 Å². The highest BCUT2D eigenvalue weighted by molar-refractivity contribution is 6.05. The molecule has 2 aromatic rings. The molecule has 22 heavy (non-hydrogen) atoms. The number of fused-ring (bicyclic) bond motifs is 1. The zero-order chi connectivity index (χ0) is 15.7. The van der Waals surface area contributed by atoms with Gasteiger partial charge in [0.15, 0.2) is 5.69 Å². The van der Waals surface area contributed by atoms with Crippen molar-refractivity contribution in [2.45, 2.75) is 6.54 Å². The van der Waals surface area contributed by atoms with Gasteiger partial charge in [0.25, 0.3) is 5.91 Å². The lowest BCUT2D eigenvalue weighted by molar-refractivity contribution is -0.137. The summed E-state index contributed by atoms with van der Waals surface area (Å²) in [6.45, 7) is 2.51. The van der Waals surface area contributed by atoms with Crippen molar-refractivity contribution in [2.24, 2.45) is 5.73 Å². The zero-order valence-corrected chi connectivity index (χ0v) is 11.9. The Morgan fingerprint density at radius 3 is 2.68 bits per heavy atom. The molecule has 0 spiro atoms. The third-order valence-corrected chi connectivity index (χ3v) is 3.63. The summed E-state index contributed by atoms with van der Waals surface area (Å²) in [6.07, 6.45) is 0. The molecule has 1 saturated heterocycles. The molecule has 0 bridgehead atoms. The number of carbonyl (C=O) groups excluding carboxylic acids is 1. The van der Waals surface area contributed by atoms with Crippen molar-refractivity contribution in [3.05, 3.63) is 23.9 Å². The molecule has 0 saturated carbocycles. The fraction of sp³-hybridized carbons (Fsp3) is 0.357. The summed E-state index contributed by atoms with van der Waals surface area (Å²) in [7, 11) is 0. The normalized spacial score (nSPS) is 15.2. The van der Waals surface area contributed by atoms with Gasteiger partial charge in [0, 0.05) is 24.2 Å². The van der Waals surface area contributed by atoms with Gasteiger partial charge in [-0.2, -0.15) is 5.10 Å². The van der Waals surface area contributed by atoms with Crippen LogP contribution in [0.4, 0.5) is 5.69 Å². The van der Waals surface area contributed by atoms with Crippen LogP contribution in [-0.2, 0) is 16.1 Å². The molecule has 1 amide bonds. The number of ether oxygens (including phenoxy) is 1. The number of anilines is 1. The number of amides is 1. The van der Waals surface area contributed by atoms with Crippen LogP contribution in [-0.4, -0.2) is 53.1 Å². The molecular formula is C14H16N4O4. The summed E-state index contributed by atoms with van der Waals surface area (Å²) in [5, 5.41) is 13.5. The van der Waals surface area contributed by atoms with Crippen molar-refractivity contribution in [3.63, 3.8) is 0 Å². The minimum Gasteiger partial charge on any atom is -0.480 e. The first-order chi connectivity index (χ1) is 10.6. The second-order valence-corrected chi connectivity index (χ2v) is 5.07. The average molecular weight is 304 g/mol. The van der Waals surface area contributed by atoms with Crippen LogP contribution in [0.25, 0.3) is 10.9 Å². The van der Waals surface area contributed by atoms with E-state index in [0.29, 0.717) is 24.1 Å². The molecule has 0 unspecified atom stereocenters. The molecule has 116 valence electrons. The highest BCUT2D eigenvalue weighted by Gasteiger charge is 2.19. The lowest BCUT2D eigenvalue weighted by Crippen LogP contribution is -2.36. The lowest BCUT2D eigenvalue weighted by atomic mass is 10.1. The van der Waals surface area contributed by atoms with Gasteiger partial charge in [-0.3, -0.25) is 14.3 Å². The number of nitrogens with zero attached hydrogens (tertiary/aromatic N) is 3. The van der Waals surface area contributed by atoms with Crippen LogP contribution in [0.5, 0.6) is 0 Å². The Morgan fingerprint density at radius 1 is 1.32 bits per heavy atom. The second-order valence-electron chi connectivity index (χ2n) is 5.07. The summed E-state index contributed by atoms with van der Waals surface area (Å²) in [5.74, 6) is -1.70. The summed E-state index contributed by atoms with van der Waals surface area (Å²) in [4.78, 5) is 24.6. The molecule has 2 heterocycles. The quantitative estimate of drug-likeness (QED) is 0.826. The third kappa shape index (κ3) is 2.60. The minimum atomic E-state index is -1.03. The van der Waals surface area contributed by atoms with Crippen LogP contribution in [0.1, 0.15) is 10.5 Å². The van der Waals surface area contributed by atoms with E-state index in [2.05, 4.69) is 10.00 Å². The molecule has 3 N–H and O–H groups in total. The molecule has 1 aromatic carbocycles. The highest BCUT2D eigenvalue weighted by Crippen LogP contribution is 2.25. The van der Waals surface area contributed by atoms with Crippen molar-refractivity contribution in [2.75, 3.05) is 31.2 Å². The van der Waals surface area contributed by atoms with E-state index in [4.69, 9.17) is 15.6 Å². The maximum atomic E-state index is 11.6. The van der Waals surface area contributed by atoms with Crippen LogP contribution in [0.15, 0.2) is 18.2 Å². The number of benzene rings is 1. The van der Waals surface area contributed by atoms with E-state index in [9.17, 15) is 9.59 Å². The fourth-order valence-electron chi connectivity index (χ4n) is 2.62. The predicted molar refractivity (Wildman–Crippen MR) is 78.9 cm³/mol. The maximum absolute atomic E-state index is 11.6. The molecule has 8 heteroatoms. The summed E-state index contributed by atoms with van der Waals surface area (Å²) in [5.41, 5.74) is 6.96. The summed E-state index contributed by atoms with van der Waals surface area (Å²) < 4.78 is 6.60. The Balaban J connectivity index is 2.07. The molecule has 0 atom stereocenters. The van der Waals surface area contributed by atoms with E-state index in [-0.39, 0.29) is 12.2 Å².